The smallest absolute Gasteiger partial charge is 0.338 e. The number of carbonyl (C=O) groups is 5. The molecule has 2 fully saturated rings. The molecule has 3 aliphatic heterocycles. The fraction of sp³-hybridized carbons (Fsp3) is 0.400. The van der Waals surface area contributed by atoms with Crippen LogP contribution in [0.1, 0.15) is 27.7 Å². The zero-order chi connectivity index (χ0) is 17.0. The van der Waals surface area contributed by atoms with E-state index in [0.717, 1.165) is 12.2 Å². The highest BCUT2D eigenvalue weighted by atomic mass is 127. The van der Waals surface area contributed by atoms with Crippen molar-refractivity contribution in [3.05, 3.63) is 24.5 Å². The average molecular weight is 518 g/mol. The first kappa shape index (κ1) is 26.9. The van der Waals surface area contributed by atoms with Gasteiger partial charge >= 0.3 is 29.8 Å². The lowest BCUT2D eigenvalue weighted by atomic mass is 10.3. The van der Waals surface area contributed by atoms with Crippen LogP contribution in [-0.4, -0.2) is 40.3 Å². The molecule has 0 bridgehead atoms. The topological polar surface area (TPSA) is 113 Å². The van der Waals surface area contributed by atoms with Gasteiger partial charge in [-0.1, -0.05) is 43.0 Å². The standard InChI is InChI=1S/C9H8O5S2.C4H2O3.2CH4.HI/c1-4-2-5(8(11)13-4)15-16-6-3-7(10)14-9(6)12;5-3-1-2-4(6)7-3;;;/h5-6H,1-3H2;1-2H;2*1H4;1H. The van der Waals surface area contributed by atoms with Crippen LogP contribution in [-0.2, 0) is 38.2 Å². The van der Waals surface area contributed by atoms with E-state index in [9.17, 15) is 24.0 Å². The molecular formula is C15H19IO8S2. The van der Waals surface area contributed by atoms with E-state index in [1.165, 1.54) is 21.6 Å². The summed E-state index contributed by atoms with van der Waals surface area (Å²) in [5, 5.41) is -0.861. The third-order valence-electron chi connectivity index (χ3n) is 2.59. The van der Waals surface area contributed by atoms with E-state index >= 15 is 0 Å². The van der Waals surface area contributed by atoms with Crippen molar-refractivity contribution in [3.63, 3.8) is 0 Å². The number of carbonyl (C=O) groups excluding carboxylic acids is 5. The molecule has 0 spiro atoms. The minimum absolute atomic E-state index is 0. The summed E-state index contributed by atoms with van der Waals surface area (Å²) >= 11 is 0. The molecule has 26 heavy (non-hydrogen) atoms. The fourth-order valence-corrected chi connectivity index (χ4v) is 4.24. The number of cyclic esters (lactones) is 5. The van der Waals surface area contributed by atoms with Gasteiger partial charge in [-0.3, -0.25) is 14.4 Å². The summed E-state index contributed by atoms with van der Waals surface area (Å²) in [6, 6.07) is 0. The molecule has 2 atom stereocenters. The summed E-state index contributed by atoms with van der Waals surface area (Å²) in [5.74, 6) is -2.11. The van der Waals surface area contributed by atoms with Crippen LogP contribution >= 0.6 is 45.6 Å². The Morgan fingerprint density at radius 2 is 1.27 bits per heavy atom. The third-order valence-corrected chi connectivity index (χ3v) is 5.62. The van der Waals surface area contributed by atoms with Crippen molar-refractivity contribution >= 4 is 75.4 Å². The van der Waals surface area contributed by atoms with Gasteiger partial charge in [0, 0.05) is 18.6 Å². The lowest BCUT2D eigenvalue weighted by molar-refractivity contribution is -0.153. The molecule has 0 aromatic carbocycles. The number of hydrogen-bond donors (Lipinski definition) is 0. The Bertz CT molecular complexity index is 579. The highest BCUT2D eigenvalue weighted by Crippen LogP contribution is 2.40. The van der Waals surface area contributed by atoms with Crippen molar-refractivity contribution in [1.82, 2.24) is 0 Å². The number of esters is 5. The van der Waals surface area contributed by atoms with Crippen LogP contribution in [0, 0.1) is 0 Å². The highest BCUT2D eigenvalue weighted by Gasteiger charge is 2.37. The summed E-state index contributed by atoms with van der Waals surface area (Å²) in [6.07, 6.45) is 2.69. The Balaban J connectivity index is 0. The fourth-order valence-electron chi connectivity index (χ4n) is 1.58. The quantitative estimate of drug-likeness (QED) is 0.182. The first-order chi connectivity index (χ1) is 10.8. The monoisotopic (exact) mass is 518 g/mol. The normalized spacial score (nSPS) is 22.9. The molecule has 2 saturated heterocycles. The van der Waals surface area contributed by atoms with Crippen molar-refractivity contribution < 1.29 is 38.2 Å². The SMILES string of the molecule is C.C.C=C1CC(SSC2CC(=O)OC2=O)C(=O)O1.I.O=C1C=CC(=O)O1. The molecule has 0 aromatic rings. The van der Waals surface area contributed by atoms with Crippen LogP contribution < -0.4 is 0 Å². The van der Waals surface area contributed by atoms with E-state index in [-0.39, 0.29) is 56.5 Å². The predicted molar refractivity (Wildman–Crippen MR) is 107 cm³/mol. The second-order valence-corrected chi connectivity index (χ2v) is 7.08. The van der Waals surface area contributed by atoms with Gasteiger partial charge in [-0.05, 0) is 0 Å². The van der Waals surface area contributed by atoms with Crippen LogP contribution in [0.2, 0.25) is 0 Å². The number of rotatable bonds is 3. The number of halogens is 1. The van der Waals surface area contributed by atoms with Crippen LogP contribution in [0.5, 0.6) is 0 Å². The molecule has 0 N–H and O–H groups in total. The van der Waals surface area contributed by atoms with E-state index in [1.54, 1.807) is 0 Å². The summed E-state index contributed by atoms with van der Waals surface area (Å²) in [5.41, 5.74) is 0. The second-order valence-electron chi connectivity index (χ2n) is 4.40. The van der Waals surface area contributed by atoms with E-state index in [4.69, 9.17) is 4.74 Å². The Morgan fingerprint density at radius 3 is 1.58 bits per heavy atom. The molecule has 3 heterocycles. The van der Waals surface area contributed by atoms with Gasteiger partial charge in [0.05, 0.1) is 6.42 Å². The minimum Gasteiger partial charge on any atom is -0.431 e. The molecule has 8 nitrogen and oxygen atoms in total. The zero-order valence-corrected chi connectivity index (χ0v) is 15.9. The van der Waals surface area contributed by atoms with Gasteiger partial charge in [-0.2, -0.15) is 0 Å². The maximum atomic E-state index is 11.2. The molecule has 0 aromatic heterocycles. The van der Waals surface area contributed by atoms with Crippen LogP contribution in [0.4, 0.5) is 0 Å². The molecule has 3 aliphatic rings. The molecule has 0 amide bonds. The van der Waals surface area contributed by atoms with E-state index < -0.39 is 29.1 Å². The first-order valence-corrected chi connectivity index (χ1v) is 8.52. The van der Waals surface area contributed by atoms with Crippen LogP contribution in [0.3, 0.4) is 0 Å². The largest absolute Gasteiger partial charge is 0.431 e. The lowest BCUT2D eigenvalue weighted by Crippen LogP contribution is -2.12. The van der Waals surface area contributed by atoms with Gasteiger partial charge < -0.3 is 14.2 Å². The summed E-state index contributed by atoms with van der Waals surface area (Å²) < 4.78 is 13.1. The number of hydrogen-bond acceptors (Lipinski definition) is 10. The Kier molecular flexibility index (Phi) is 12.5. The second kappa shape index (κ2) is 12.1. The summed E-state index contributed by atoms with van der Waals surface area (Å²) in [7, 11) is 2.41. The molecule has 11 heteroatoms. The van der Waals surface area contributed by atoms with Crippen LogP contribution in [0.15, 0.2) is 24.5 Å². The molecule has 3 rings (SSSR count). The van der Waals surface area contributed by atoms with Crippen molar-refractivity contribution in [3.8, 4) is 0 Å². The molecule has 146 valence electrons. The first-order valence-electron chi connectivity index (χ1n) is 6.25. The van der Waals surface area contributed by atoms with Gasteiger partial charge in [-0.15, -0.1) is 24.0 Å². The van der Waals surface area contributed by atoms with Gasteiger partial charge in [0.2, 0.25) is 0 Å². The van der Waals surface area contributed by atoms with Gasteiger partial charge in [0.1, 0.15) is 16.3 Å². The van der Waals surface area contributed by atoms with E-state index in [2.05, 4.69) is 16.1 Å². The molecular weight excluding hydrogens is 499 g/mol. The van der Waals surface area contributed by atoms with Crippen molar-refractivity contribution in [2.24, 2.45) is 0 Å². The Morgan fingerprint density at radius 1 is 0.808 bits per heavy atom. The van der Waals surface area contributed by atoms with Gasteiger partial charge in [-0.25, -0.2) is 9.59 Å². The molecule has 0 radical (unpaired) electrons. The average Bonchev–Trinajstić information content (AvgIpc) is 3.09. The maximum Gasteiger partial charge on any atom is 0.338 e. The highest BCUT2D eigenvalue weighted by molar-refractivity contribution is 14.0. The number of ether oxygens (including phenoxy) is 3. The van der Waals surface area contributed by atoms with E-state index in [1.807, 2.05) is 0 Å². The maximum absolute atomic E-state index is 11.2. The zero-order valence-electron chi connectivity index (χ0n) is 11.9. The van der Waals surface area contributed by atoms with E-state index in [0.29, 0.717) is 12.2 Å². The van der Waals surface area contributed by atoms with Crippen molar-refractivity contribution in [2.45, 2.75) is 38.2 Å². The van der Waals surface area contributed by atoms with Gasteiger partial charge in [0.25, 0.3) is 0 Å². The molecule has 2 unspecified atom stereocenters. The molecule has 0 aliphatic carbocycles. The Hall–Kier alpha value is -1.34. The van der Waals surface area contributed by atoms with Gasteiger partial charge in [0.15, 0.2) is 0 Å². The van der Waals surface area contributed by atoms with Crippen molar-refractivity contribution in [1.29, 1.82) is 0 Å². The predicted octanol–water partition coefficient (Wildman–Crippen LogP) is 2.56. The number of allylic oxidation sites excluding steroid dienone is 1. The van der Waals surface area contributed by atoms with Crippen LogP contribution in [0.25, 0.3) is 0 Å². The molecule has 0 saturated carbocycles. The lowest BCUT2D eigenvalue weighted by Gasteiger charge is -2.05. The minimum atomic E-state index is -0.579. The van der Waals surface area contributed by atoms with Crippen molar-refractivity contribution in [2.75, 3.05) is 0 Å². The summed E-state index contributed by atoms with van der Waals surface area (Å²) in [6.45, 7) is 3.55. The Labute approximate surface area is 175 Å². The third kappa shape index (κ3) is 7.91. The summed E-state index contributed by atoms with van der Waals surface area (Å²) in [4.78, 5) is 53.0.